The van der Waals surface area contributed by atoms with E-state index in [-0.39, 0.29) is 36.4 Å². The summed E-state index contributed by atoms with van der Waals surface area (Å²) in [5.41, 5.74) is 2.64. The van der Waals surface area contributed by atoms with Crippen LogP contribution in [-0.2, 0) is 17.8 Å². The molecule has 32 heavy (non-hydrogen) atoms. The Morgan fingerprint density at radius 2 is 1.78 bits per heavy atom. The van der Waals surface area contributed by atoms with Crippen LogP contribution < -0.4 is 10.2 Å². The Balaban J connectivity index is 1.55. The van der Waals surface area contributed by atoms with Crippen LogP contribution in [0.3, 0.4) is 0 Å². The Bertz CT molecular complexity index is 1210. The summed E-state index contributed by atoms with van der Waals surface area (Å²) in [6, 6.07) is 17.6. The highest BCUT2D eigenvalue weighted by Gasteiger charge is 2.38. The Labute approximate surface area is 189 Å². The maximum Gasteiger partial charge on any atom is 0.251 e. The molecule has 1 unspecified atom stereocenters. The van der Waals surface area contributed by atoms with Gasteiger partial charge >= 0.3 is 0 Å². The van der Waals surface area contributed by atoms with E-state index in [2.05, 4.69) is 5.32 Å². The van der Waals surface area contributed by atoms with E-state index in [0.29, 0.717) is 21.8 Å². The Morgan fingerprint density at radius 1 is 1.03 bits per heavy atom. The molecular weight excluding hydrogens is 431 g/mol. The average Bonchev–Trinajstić information content (AvgIpc) is 2.79. The van der Waals surface area contributed by atoms with Crippen LogP contribution in [0.1, 0.15) is 31.8 Å². The van der Waals surface area contributed by atoms with E-state index in [1.54, 1.807) is 49.5 Å². The standard InChI is InChI=1S/C25H20ClFN2O3/c1-29-22-10-7-17(24(31)28-14-15-5-8-19(27)9-6-15)13-20(22)23(30)21(25(29)32)12-16-3-2-4-18(26)11-16/h2-11,13,21H,12,14H2,1H3,(H,28,31). The Kier molecular flexibility index (Phi) is 6.06. The van der Waals surface area contributed by atoms with Crippen molar-refractivity contribution in [2.45, 2.75) is 13.0 Å². The van der Waals surface area contributed by atoms with Crippen LogP contribution in [0.2, 0.25) is 5.02 Å². The highest BCUT2D eigenvalue weighted by atomic mass is 35.5. The van der Waals surface area contributed by atoms with E-state index in [1.807, 2.05) is 6.07 Å². The molecule has 162 valence electrons. The van der Waals surface area contributed by atoms with Crippen molar-refractivity contribution in [3.8, 4) is 0 Å². The second-order valence-corrected chi connectivity index (χ2v) is 8.13. The smallest absolute Gasteiger partial charge is 0.251 e. The molecule has 1 atom stereocenters. The largest absolute Gasteiger partial charge is 0.348 e. The van der Waals surface area contributed by atoms with E-state index in [9.17, 15) is 18.8 Å². The minimum absolute atomic E-state index is 0.222. The molecule has 5 nitrogen and oxygen atoms in total. The molecular formula is C25H20ClFN2O3. The fourth-order valence-electron chi connectivity index (χ4n) is 3.79. The molecule has 0 saturated carbocycles. The summed E-state index contributed by atoms with van der Waals surface area (Å²) in [4.78, 5) is 40.1. The van der Waals surface area contributed by atoms with Crippen molar-refractivity contribution in [1.82, 2.24) is 5.32 Å². The van der Waals surface area contributed by atoms with Crippen molar-refractivity contribution in [2.24, 2.45) is 5.92 Å². The third-order valence-corrected chi connectivity index (χ3v) is 5.76. The Morgan fingerprint density at radius 3 is 2.50 bits per heavy atom. The monoisotopic (exact) mass is 450 g/mol. The van der Waals surface area contributed by atoms with Gasteiger partial charge in [-0.1, -0.05) is 35.9 Å². The van der Waals surface area contributed by atoms with Crippen molar-refractivity contribution >= 4 is 34.9 Å². The van der Waals surface area contributed by atoms with Crippen LogP contribution in [0.5, 0.6) is 0 Å². The minimum atomic E-state index is -0.886. The van der Waals surface area contributed by atoms with E-state index in [0.717, 1.165) is 11.1 Å². The maximum absolute atomic E-state index is 13.2. The molecule has 3 aromatic rings. The summed E-state index contributed by atoms with van der Waals surface area (Å²) in [6.07, 6.45) is 0.225. The third kappa shape index (κ3) is 4.41. The molecule has 0 fully saturated rings. The molecule has 0 spiro atoms. The number of hydrogen-bond acceptors (Lipinski definition) is 3. The van der Waals surface area contributed by atoms with Gasteiger partial charge in [0.25, 0.3) is 5.91 Å². The fraction of sp³-hybridized carbons (Fsp3) is 0.160. The lowest BCUT2D eigenvalue weighted by Crippen LogP contribution is -2.43. The van der Waals surface area contributed by atoms with Gasteiger partial charge in [0.1, 0.15) is 11.7 Å². The van der Waals surface area contributed by atoms with Crippen molar-refractivity contribution in [1.29, 1.82) is 0 Å². The number of nitrogens with one attached hydrogen (secondary N) is 1. The summed E-state index contributed by atoms with van der Waals surface area (Å²) >= 11 is 6.04. The first-order chi connectivity index (χ1) is 15.3. The number of anilines is 1. The maximum atomic E-state index is 13.2. The summed E-state index contributed by atoms with van der Waals surface area (Å²) in [6.45, 7) is 0.222. The zero-order chi connectivity index (χ0) is 22.8. The van der Waals surface area contributed by atoms with Gasteiger partial charge in [-0.2, -0.15) is 0 Å². The SMILES string of the molecule is CN1C(=O)C(Cc2cccc(Cl)c2)C(=O)c2cc(C(=O)NCc3ccc(F)cc3)ccc21. The van der Waals surface area contributed by atoms with Crippen LogP contribution in [0, 0.1) is 11.7 Å². The number of Topliss-reactive ketones (excluding diaryl/α,β-unsaturated/α-hetero) is 1. The van der Waals surface area contributed by atoms with Crippen molar-refractivity contribution < 1.29 is 18.8 Å². The van der Waals surface area contributed by atoms with Crippen LogP contribution in [0.4, 0.5) is 10.1 Å². The molecule has 2 amide bonds. The molecule has 7 heteroatoms. The second-order valence-electron chi connectivity index (χ2n) is 7.69. The number of halogens is 2. The number of fused-ring (bicyclic) bond motifs is 1. The fourth-order valence-corrected chi connectivity index (χ4v) is 4.00. The van der Waals surface area contributed by atoms with Crippen molar-refractivity contribution in [2.75, 3.05) is 11.9 Å². The molecule has 3 aromatic carbocycles. The highest BCUT2D eigenvalue weighted by molar-refractivity contribution is 6.30. The third-order valence-electron chi connectivity index (χ3n) is 5.53. The minimum Gasteiger partial charge on any atom is -0.348 e. The number of nitrogens with zero attached hydrogens (tertiary/aromatic N) is 1. The second kappa shape index (κ2) is 8.93. The molecule has 0 bridgehead atoms. The first-order valence-electron chi connectivity index (χ1n) is 10.1. The van der Waals surface area contributed by atoms with Gasteiger partial charge in [-0.05, 0) is 60.0 Å². The van der Waals surface area contributed by atoms with E-state index >= 15 is 0 Å². The number of carbonyl (C=O) groups excluding carboxylic acids is 3. The molecule has 0 aliphatic carbocycles. The molecule has 0 radical (unpaired) electrons. The average molecular weight is 451 g/mol. The number of rotatable bonds is 5. The van der Waals surface area contributed by atoms with Gasteiger partial charge < -0.3 is 10.2 Å². The predicted molar refractivity (Wildman–Crippen MR) is 120 cm³/mol. The van der Waals surface area contributed by atoms with Gasteiger partial charge in [0, 0.05) is 29.7 Å². The number of ketones is 1. The summed E-state index contributed by atoms with van der Waals surface area (Å²) in [5, 5.41) is 3.30. The van der Waals surface area contributed by atoms with Crippen LogP contribution in [0.15, 0.2) is 66.7 Å². The lowest BCUT2D eigenvalue weighted by Gasteiger charge is -2.30. The first-order valence-corrected chi connectivity index (χ1v) is 10.4. The topological polar surface area (TPSA) is 66.5 Å². The Hall–Kier alpha value is -3.51. The molecule has 1 N–H and O–H groups in total. The van der Waals surface area contributed by atoms with Crippen LogP contribution >= 0.6 is 11.6 Å². The zero-order valence-electron chi connectivity index (χ0n) is 17.3. The lowest BCUT2D eigenvalue weighted by molar-refractivity contribution is -0.120. The van der Waals surface area contributed by atoms with Crippen LogP contribution in [-0.4, -0.2) is 24.6 Å². The van der Waals surface area contributed by atoms with Gasteiger partial charge in [-0.25, -0.2) is 4.39 Å². The van der Waals surface area contributed by atoms with E-state index in [1.165, 1.54) is 23.1 Å². The van der Waals surface area contributed by atoms with Crippen molar-refractivity contribution in [3.05, 3.63) is 99.8 Å². The number of amides is 2. The number of carbonyl (C=O) groups is 3. The molecule has 1 aliphatic heterocycles. The molecule has 0 saturated heterocycles. The highest BCUT2D eigenvalue weighted by Crippen LogP contribution is 2.32. The number of benzene rings is 3. The van der Waals surface area contributed by atoms with Gasteiger partial charge in [-0.15, -0.1) is 0 Å². The first kappa shape index (κ1) is 21.7. The predicted octanol–water partition coefficient (Wildman–Crippen LogP) is 4.43. The normalized spacial score (nSPS) is 15.5. The molecule has 0 aromatic heterocycles. The van der Waals surface area contributed by atoms with E-state index in [4.69, 9.17) is 11.6 Å². The molecule has 1 aliphatic rings. The van der Waals surface area contributed by atoms with Crippen LogP contribution in [0.25, 0.3) is 0 Å². The van der Waals surface area contributed by atoms with E-state index < -0.39 is 5.92 Å². The lowest BCUT2D eigenvalue weighted by atomic mass is 9.85. The van der Waals surface area contributed by atoms with Gasteiger partial charge in [-0.3, -0.25) is 14.4 Å². The van der Waals surface area contributed by atoms with Gasteiger partial charge in [0.15, 0.2) is 5.78 Å². The van der Waals surface area contributed by atoms with Crippen molar-refractivity contribution in [3.63, 3.8) is 0 Å². The zero-order valence-corrected chi connectivity index (χ0v) is 18.0. The molecule has 1 heterocycles. The summed E-state index contributed by atoms with van der Waals surface area (Å²) in [7, 11) is 1.62. The summed E-state index contributed by atoms with van der Waals surface area (Å²) < 4.78 is 13.0. The number of hydrogen-bond donors (Lipinski definition) is 1. The quantitative estimate of drug-likeness (QED) is 0.585. The summed E-state index contributed by atoms with van der Waals surface area (Å²) in [5.74, 6) is -2.22. The molecule has 4 rings (SSSR count). The van der Waals surface area contributed by atoms with Gasteiger partial charge in [0.2, 0.25) is 5.91 Å². The van der Waals surface area contributed by atoms with Gasteiger partial charge in [0.05, 0.1) is 5.69 Å².